The summed E-state index contributed by atoms with van der Waals surface area (Å²) in [6, 6.07) is 14.2. The van der Waals surface area contributed by atoms with Crippen LogP contribution in [-0.4, -0.2) is 300 Å². The second-order valence-corrected chi connectivity index (χ2v) is 20.6. The molecule has 0 amide bonds. The third kappa shape index (κ3) is 35.2. The molecule has 0 aromatic heterocycles. The summed E-state index contributed by atoms with van der Waals surface area (Å²) in [6.07, 6.45) is 1.58. The fraction of sp³-hybridized carbons (Fsp3) is 0.574. The lowest BCUT2D eigenvalue weighted by atomic mass is 10.0. The molecule has 2 saturated heterocycles. The highest BCUT2D eigenvalue weighted by Gasteiger charge is 2.30. The number of benzene rings is 2. The van der Waals surface area contributed by atoms with Gasteiger partial charge in [-0.05, 0) is 69.0 Å². The van der Waals surface area contributed by atoms with Crippen LogP contribution in [0.5, 0.6) is 0 Å². The minimum absolute atomic E-state index is 0. The van der Waals surface area contributed by atoms with E-state index in [-0.39, 0.29) is 159 Å². The third-order valence-corrected chi connectivity index (χ3v) is 12.8. The van der Waals surface area contributed by atoms with Crippen LogP contribution in [0.15, 0.2) is 48.5 Å². The van der Waals surface area contributed by atoms with Gasteiger partial charge in [0.1, 0.15) is 6.29 Å². The number of rotatable bonds is 22. The van der Waals surface area contributed by atoms with Gasteiger partial charge >= 0.3 is 47.8 Å². The van der Waals surface area contributed by atoms with Crippen LogP contribution in [0.3, 0.4) is 0 Å². The summed E-state index contributed by atoms with van der Waals surface area (Å²) >= 11 is 10.2. The number of carboxylic acid groups (broad SMARTS) is 8. The number of anilines is 2. The SMILES string of the molecule is C.C.CC(=S)Nc1ccc(CC2CN(CC(=O)O)CCN(CC(=O)O)CCN(CC(=O)O)CCN2CC(=O)O)cc1.CC(=S)Nc1ccc(CC2CN(CC(=O)O)CCN(CC(=O)O)CCN(CC(=O)O)CCN2CC(=O)O)cc1.CC=O. The number of aliphatic carboxylic acids is 8. The van der Waals surface area contributed by atoms with Crippen LogP contribution >= 0.6 is 24.4 Å². The van der Waals surface area contributed by atoms with Gasteiger partial charge in [0.25, 0.3) is 0 Å². The summed E-state index contributed by atoms with van der Waals surface area (Å²) in [5.74, 6) is -8.35. The van der Waals surface area contributed by atoms with Crippen molar-refractivity contribution in [1.29, 1.82) is 0 Å². The Morgan fingerprint density at radius 2 is 0.614 bits per heavy atom. The number of aldehydes is 1. The van der Waals surface area contributed by atoms with Crippen LogP contribution in [0.4, 0.5) is 11.4 Å². The second-order valence-electron chi connectivity index (χ2n) is 19.4. The maximum absolute atomic E-state index is 11.8. The van der Waals surface area contributed by atoms with Crippen molar-refractivity contribution in [3.63, 3.8) is 0 Å². The zero-order valence-corrected chi connectivity index (χ0v) is 47.6. The number of carbonyl (C=O) groups excluding carboxylic acids is 1. The van der Waals surface area contributed by atoms with Crippen molar-refractivity contribution in [2.24, 2.45) is 0 Å². The largest absolute Gasteiger partial charge is 0.480 e. The lowest BCUT2D eigenvalue weighted by molar-refractivity contribution is -0.142. The molecule has 0 radical (unpaired) electrons. The van der Waals surface area contributed by atoms with Gasteiger partial charge in [0.05, 0.1) is 62.3 Å². The number of nitrogens with one attached hydrogen (secondary N) is 2. The number of thiocarbonyl (C=S) groups is 2. The van der Waals surface area contributed by atoms with Crippen molar-refractivity contribution < 1.29 is 84.0 Å². The minimum Gasteiger partial charge on any atom is -0.480 e. The Morgan fingerprint density at radius 3 is 0.831 bits per heavy atom. The van der Waals surface area contributed by atoms with Gasteiger partial charge in [0, 0.05) is 115 Å². The molecule has 2 atom stereocenters. The van der Waals surface area contributed by atoms with Gasteiger partial charge in [-0.25, -0.2) is 0 Å². The van der Waals surface area contributed by atoms with Gasteiger partial charge < -0.3 is 56.3 Å². The minimum atomic E-state index is -1.05. The number of nitrogens with zero attached hydrogens (tertiary/aromatic N) is 8. The van der Waals surface area contributed by atoms with Crippen LogP contribution in [0, 0.1) is 0 Å². The Bertz CT molecular complexity index is 2230. The Labute approximate surface area is 496 Å². The van der Waals surface area contributed by atoms with Crippen molar-refractivity contribution in [2.75, 3.05) is 155 Å². The monoisotopic (exact) mass is 1210 g/mol. The lowest BCUT2D eigenvalue weighted by Crippen LogP contribution is -2.53. The Morgan fingerprint density at radius 1 is 0.410 bits per heavy atom. The number of carbonyl (C=O) groups is 9. The summed E-state index contributed by atoms with van der Waals surface area (Å²) in [5.41, 5.74) is 3.42. The quantitative estimate of drug-likeness (QED) is 0.0587. The van der Waals surface area contributed by atoms with E-state index in [1.165, 1.54) is 6.92 Å². The molecule has 83 heavy (non-hydrogen) atoms. The molecule has 2 aromatic carbocycles. The van der Waals surface area contributed by atoms with E-state index in [1.807, 2.05) is 48.5 Å². The van der Waals surface area contributed by atoms with Crippen molar-refractivity contribution in [3.05, 3.63) is 59.7 Å². The topological polar surface area (TPSA) is 365 Å². The van der Waals surface area contributed by atoms with Crippen LogP contribution in [0.25, 0.3) is 0 Å². The maximum Gasteiger partial charge on any atom is 0.317 e. The molecule has 2 fully saturated rings. The highest BCUT2D eigenvalue weighted by molar-refractivity contribution is 7.80. The number of hydrogen-bond donors (Lipinski definition) is 10. The molecule has 4 rings (SSSR count). The molecule has 0 aliphatic carbocycles. The zero-order chi connectivity index (χ0) is 60.6. The van der Waals surface area contributed by atoms with Crippen LogP contribution in [0.2, 0.25) is 0 Å². The first kappa shape index (κ1) is 76.3. The molecule has 0 spiro atoms. The van der Waals surface area contributed by atoms with Gasteiger partial charge in [-0.15, -0.1) is 0 Å². The molecule has 0 bridgehead atoms. The van der Waals surface area contributed by atoms with E-state index >= 15 is 0 Å². The summed E-state index contributed by atoms with van der Waals surface area (Å²) in [7, 11) is 0. The van der Waals surface area contributed by atoms with E-state index in [0.717, 1.165) is 28.8 Å². The molecular weight excluding hydrogens is 1120 g/mol. The average Bonchev–Trinajstić information content (AvgIpc) is 3.34. The zero-order valence-electron chi connectivity index (χ0n) is 46.0. The molecular formula is C54H86N10O17S2. The molecule has 2 aliphatic rings. The van der Waals surface area contributed by atoms with Crippen molar-refractivity contribution in [2.45, 2.75) is 60.5 Å². The van der Waals surface area contributed by atoms with Crippen LogP contribution in [0.1, 0.15) is 46.8 Å². The highest BCUT2D eigenvalue weighted by atomic mass is 32.1. The van der Waals surface area contributed by atoms with Crippen molar-refractivity contribution in [3.8, 4) is 0 Å². The van der Waals surface area contributed by atoms with Gasteiger partial charge in [-0.3, -0.25) is 77.6 Å². The molecule has 2 aromatic rings. The predicted octanol–water partition coefficient (Wildman–Crippen LogP) is 1.31. The van der Waals surface area contributed by atoms with Gasteiger partial charge in [0.2, 0.25) is 0 Å². The Hall–Kier alpha value is -6.67. The molecule has 27 nitrogen and oxygen atoms in total. The summed E-state index contributed by atoms with van der Waals surface area (Å²) in [4.78, 5) is 116. The van der Waals surface area contributed by atoms with Gasteiger partial charge in [-0.2, -0.15) is 0 Å². The second kappa shape index (κ2) is 41.3. The first-order valence-electron chi connectivity index (χ1n) is 25.9. The molecule has 466 valence electrons. The van der Waals surface area contributed by atoms with E-state index in [1.54, 1.807) is 53.0 Å². The fourth-order valence-electron chi connectivity index (χ4n) is 9.11. The van der Waals surface area contributed by atoms with E-state index in [4.69, 9.17) is 29.2 Å². The van der Waals surface area contributed by atoms with E-state index in [0.29, 0.717) is 22.8 Å². The highest BCUT2D eigenvalue weighted by Crippen LogP contribution is 2.18. The van der Waals surface area contributed by atoms with E-state index < -0.39 is 59.8 Å². The van der Waals surface area contributed by atoms with Crippen molar-refractivity contribution >= 4 is 99.8 Å². The molecule has 10 N–H and O–H groups in total. The normalized spacial score (nSPS) is 18.0. The fourth-order valence-corrected chi connectivity index (χ4v) is 9.35. The molecule has 2 unspecified atom stereocenters. The third-order valence-electron chi connectivity index (χ3n) is 12.6. The Kier molecular flexibility index (Phi) is 38.0. The first-order valence-corrected chi connectivity index (χ1v) is 26.7. The Balaban J connectivity index is 0.00000151. The molecule has 29 heteroatoms. The standard InChI is InChI=1S/2C25H37N5O8S.C2H4O.2CH4/c2*1-18(39)26-20-4-2-19(3-5-20)12-21-13-29(16-24(35)36)9-8-27(14-22(31)32)6-7-28(15-23(33)34)10-11-30(21)17-25(37)38;1-2-3;;/h2*2-5,21H,6-17H2,1H3,(H,26,39)(H,31,32)(H,33,34)(H,35,36)(H,37,38);2H,1H3;2*1H4. The predicted molar refractivity (Wildman–Crippen MR) is 320 cm³/mol. The lowest BCUT2D eigenvalue weighted by Gasteiger charge is -2.37. The van der Waals surface area contributed by atoms with E-state index in [9.17, 15) is 79.2 Å². The summed E-state index contributed by atoms with van der Waals surface area (Å²) in [6.45, 7) is 6.14. The number of carboxylic acids is 8. The van der Waals surface area contributed by atoms with Crippen LogP contribution < -0.4 is 10.6 Å². The average molecular weight is 1210 g/mol. The maximum atomic E-state index is 11.8. The number of hydrogen-bond acceptors (Lipinski definition) is 19. The molecule has 2 aliphatic heterocycles. The molecule has 2 heterocycles. The first-order chi connectivity index (χ1) is 38.2. The molecule has 0 saturated carbocycles. The smallest absolute Gasteiger partial charge is 0.317 e. The van der Waals surface area contributed by atoms with E-state index in [2.05, 4.69) is 10.6 Å². The summed E-state index contributed by atoms with van der Waals surface area (Å²) in [5, 5.41) is 82.0. The van der Waals surface area contributed by atoms with Crippen molar-refractivity contribution in [1.82, 2.24) is 39.2 Å². The van der Waals surface area contributed by atoms with Gasteiger partial charge in [0.15, 0.2) is 0 Å². The van der Waals surface area contributed by atoms with Crippen LogP contribution in [-0.2, 0) is 56.0 Å². The van der Waals surface area contributed by atoms with Gasteiger partial charge in [-0.1, -0.05) is 63.6 Å². The summed E-state index contributed by atoms with van der Waals surface area (Å²) < 4.78 is 0.